The van der Waals surface area contributed by atoms with Crippen molar-refractivity contribution in [2.45, 2.75) is 31.3 Å². The highest BCUT2D eigenvalue weighted by Crippen LogP contribution is 2.36. The van der Waals surface area contributed by atoms with Gasteiger partial charge in [0.05, 0.1) is 19.9 Å². The quantitative estimate of drug-likeness (QED) is 0.197. The van der Waals surface area contributed by atoms with Crippen LogP contribution in [0.1, 0.15) is 23.6 Å². The van der Waals surface area contributed by atoms with E-state index >= 15 is 0 Å². The van der Waals surface area contributed by atoms with E-state index in [1.54, 1.807) is 29.1 Å². The smallest absolute Gasteiger partial charge is 0.341 e. The third-order valence-corrected chi connectivity index (χ3v) is 7.20. The van der Waals surface area contributed by atoms with E-state index < -0.39 is 34.3 Å². The third-order valence-electron chi connectivity index (χ3n) is 5.84. The van der Waals surface area contributed by atoms with Crippen LogP contribution in [0.15, 0.2) is 64.5 Å². The number of anilines is 1. The highest BCUT2D eigenvalue weighted by molar-refractivity contribution is 7.92. The zero-order valence-corrected chi connectivity index (χ0v) is 22.8. The summed E-state index contributed by atoms with van der Waals surface area (Å²) in [6.07, 6.45) is 3.71. The van der Waals surface area contributed by atoms with Gasteiger partial charge in [0, 0.05) is 18.3 Å². The van der Waals surface area contributed by atoms with Crippen molar-refractivity contribution in [2.75, 3.05) is 18.4 Å². The lowest BCUT2D eigenvalue weighted by Gasteiger charge is -2.13. The average Bonchev–Trinajstić information content (AvgIpc) is 3.56. The molecule has 0 fully saturated rings. The van der Waals surface area contributed by atoms with Crippen LogP contribution in [0, 0.1) is 0 Å². The maximum absolute atomic E-state index is 13.4. The Labute approximate surface area is 233 Å². The number of amides is 1. The van der Waals surface area contributed by atoms with E-state index in [9.17, 15) is 22.4 Å². The van der Waals surface area contributed by atoms with Crippen molar-refractivity contribution >= 4 is 38.7 Å². The van der Waals surface area contributed by atoms with Gasteiger partial charge in [-0.25, -0.2) is 17.6 Å². The minimum atomic E-state index is -4.30. The molecule has 0 saturated carbocycles. The number of ether oxygens (including phenoxy) is 2. The third kappa shape index (κ3) is 6.81. The summed E-state index contributed by atoms with van der Waals surface area (Å²) >= 11 is 0. The first-order valence-electron chi connectivity index (χ1n) is 12.1. The van der Waals surface area contributed by atoms with Gasteiger partial charge >= 0.3 is 5.97 Å². The second kappa shape index (κ2) is 12.1. The van der Waals surface area contributed by atoms with Crippen LogP contribution in [0.5, 0.6) is 11.5 Å². The van der Waals surface area contributed by atoms with Crippen molar-refractivity contribution in [3.05, 3.63) is 71.8 Å². The topological polar surface area (TPSA) is 175 Å². The zero-order valence-electron chi connectivity index (χ0n) is 22.0. The number of nitrogens with zero attached hydrogens (tertiary/aromatic N) is 3. The van der Waals surface area contributed by atoms with Crippen molar-refractivity contribution in [3.8, 4) is 11.5 Å². The van der Waals surface area contributed by atoms with E-state index in [0.717, 1.165) is 0 Å². The molecule has 0 aliphatic heterocycles. The van der Waals surface area contributed by atoms with E-state index in [4.69, 9.17) is 19.1 Å². The zero-order chi connectivity index (χ0) is 29.7. The monoisotopic (exact) mass is 587 g/mol. The Balaban J connectivity index is 1.59. The summed E-state index contributed by atoms with van der Waals surface area (Å²) in [5.41, 5.74) is 2.22. The number of fused-ring (bicyclic) bond motifs is 1. The molecule has 2 aromatic carbocycles. The van der Waals surface area contributed by atoms with Crippen molar-refractivity contribution in [2.24, 2.45) is 0 Å². The van der Waals surface area contributed by atoms with E-state index in [2.05, 4.69) is 26.9 Å². The largest absolute Gasteiger partial charge is 0.496 e. The summed E-state index contributed by atoms with van der Waals surface area (Å²) in [5.74, 6) is -3.26. The molecule has 0 spiro atoms. The molecule has 41 heavy (non-hydrogen) atoms. The molecule has 0 atom stereocenters. The number of sulfonamides is 1. The minimum Gasteiger partial charge on any atom is -0.496 e. The van der Waals surface area contributed by atoms with Gasteiger partial charge in [0.1, 0.15) is 21.8 Å². The average molecular weight is 588 g/mol. The van der Waals surface area contributed by atoms with Gasteiger partial charge in [0.2, 0.25) is 0 Å². The van der Waals surface area contributed by atoms with Crippen molar-refractivity contribution in [1.82, 2.24) is 20.3 Å². The molecule has 0 radical (unpaired) electrons. The minimum absolute atomic E-state index is 0.0555. The van der Waals surface area contributed by atoms with Crippen LogP contribution in [0.4, 0.5) is 10.2 Å². The van der Waals surface area contributed by atoms with Gasteiger partial charge in [-0.3, -0.25) is 14.2 Å². The standard InChI is InChI=1S/C26H26FN5O8S/c1-4-16-5-6-19(39-14-23(33)34)22(9-16)41(36,37)31-25-24-20(38-3)7-17(8-21(24)40-30-25)12-32-13-18(11-29-32)10-28-26(35)15(2)27/h5-9,11,13H,2,4,10,12,14H2,1,3H3,(H,28,35)(H,30,31)(H,33,34). The number of carbonyl (C=O) groups excluding carboxylic acids is 1. The SMILES string of the molecule is C=C(F)C(=O)NCc1cnn(Cc2cc(OC)c3c(NS(=O)(=O)c4cc(CC)ccc4OCC(=O)O)noc3c2)c1. The van der Waals surface area contributed by atoms with Crippen LogP contribution >= 0.6 is 0 Å². The summed E-state index contributed by atoms with van der Waals surface area (Å²) in [5, 5.41) is 19.7. The number of aliphatic carboxylic acids is 1. The number of carboxylic acids is 1. The number of aromatic nitrogens is 3. The molecule has 216 valence electrons. The highest BCUT2D eigenvalue weighted by atomic mass is 32.2. The van der Waals surface area contributed by atoms with Crippen molar-refractivity contribution in [1.29, 1.82) is 0 Å². The predicted octanol–water partition coefficient (Wildman–Crippen LogP) is 3.01. The number of carbonyl (C=O) groups is 2. The van der Waals surface area contributed by atoms with Crippen molar-refractivity contribution in [3.63, 3.8) is 0 Å². The molecule has 3 N–H and O–H groups in total. The molecule has 4 aromatic rings. The van der Waals surface area contributed by atoms with Crippen LogP contribution in [-0.2, 0) is 39.1 Å². The summed E-state index contributed by atoms with van der Waals surface area (Å²) in [7, 11) is -2.90. The Kier molecular flexibility index (Phi) is 8.56. The molecule has 0 unspecified atom stereocenters. The molecule has 1 amide bonds. The second-order valence-electron chi connectivity index (χ2n) is 8.76. The lowest BCUT2D eigenvalue weighted by atomic mass is 10.1. The highest BCUT2D eigenvalue weighted by Gasteiger charge is 2.25. The Morgan fingerprint density at radius 1 is 1.17 bits per heavy atom. The van der Waals surface area contributed by atoms with E-state index in [1.165, 1.54) is 25.4 Å². The summed E-state index contributed by atoms with van der Waals surface area (Å²) < 4.78 is 59.7. The van der Waals surface area contributed by atoms with Crippen LogP contribution in [-0.4, -0.2) is 54.1 Å². The number of benzene rings is 2. The molecule has 13 nitrogen and oxygen atoms in total. The Morgan fingerprint density at radius 2 is 1.95 bits per heavy atom. The summed E-state index contributed by atoms with van der Waals surface area (Å²) in [4.78, 5) is 22.1. The molecule has 2 aromatic heterocycles. The Bertz CT molecular complexity index is 1730. The summed E-state index contributed by atoms with van der Waals surface area (Å²) in [6, 6.07) is 7.74. The van der Waals surface area contributed by atoms with Crippen LogP contribution in [0.25, 0.3) is 11.0 Å². The number of nitrogens with one attached hydrogen (secondary N) is 2. The molecule has 0 saturated heterocycles. The number of methoxy groups -OCH3 is 1. The molecule has 2 heterocycles. The molecular formula is C26H26FN5O8S. The number of halogens is 1. The first kappa shape index (κ1) is 29.1. The maximum atomic E-state index is 13.4. The van der Waals surface area contributed by atoms with Crippen LogP contribution in [0.2, 0.25) is 0 Å². The number of hydrogen-bond donors (Lipinski definition) is 3. The maximum Gasteiger partial charge on any atom is 0.341 e. The Morgan fingerprint density at radius 3 is 2.63 bits per heavy atom. The van der Waals surface area contributed by atoms with Gasteiger partial charge in [-0.05, 0) is 41.8 Å². The van der Waals surface area contributed by atoms with Gasteiger partial charge in [-0.1, -0.05) is 24.7 Å². The molecule has 4 rings (SSSR count). The fourth-order valence-corrected chi connectivity index (χ4v) is 5.09. The molecular weight excluding hydrogens is 561 g/mol. The predicted molar refractivity (Wildman–Crippen MR) is 144 cm³/mol. The van der Waals surface area contributed by atoms with Crippen LogP contribution < -0.4 is 19.5 Å². The van der Waals surface area contributed by atoms with Gasteiger partial charge in [0.15, 0.2) is 23.8 Å². The normalized spacial score (nSPS) is 11.3. The Hall–Kier alpha value is -4.92. The van der Waals surface area contributed by atoms with E-state index in [-0.39, 0.29) is 46.3 Å². The summed E-state index contributed by atoms with van der Waals surface area (Å²) in [6.45, 7) is 4.37. The first-order valence-corrected chi connectivity index (χ1v) is 13.6. The first-order chi connectivity index (χ1) is 19.5. The van der Waals surface area contributed by atoms with E-state index in [0.29, 0.717) is 23.1 Å². The fourth-order valence-electron chi connectivity index (χ4n) is 3.88. The number of aryl methyl sites for hydroxylation is 1. The van der Waals surface area contributed by atoms with Gasteiger partial charge in [0.25, 0.3) is 15.9 Å². The van der Waals surface area contributed by atoms with Gasteiger partial charge < -0.3 is 24.4 Å². The molecule has 0 aliphatic carbocycles. The molecule has 0 aliphatic rings. The van der Waals surface area contributed by atoms with Gasteiger partial charge in [-0.15, -0.1) is 0 Å². The van der Waals surface area contributed by atoms with Gasteiger partial charge in [-0.2, -0.15) is 5.10 Å². The van der Waals surface area contributed by atoms with Crippen molar-refractivity contribution < 1.29 is 41.5 Å². The molecule has 0 bridgehead atoms. The van der Waals surface area contributed by atoms with Crippen LogP contribution in [0.3, 0.4) is 0 Å². The lowest BCUT2D eigenvalue weighted by Crippen LogP contribution is -2.22. The number of carboxylic acid groups (broad SMARTS) is 1. The second-order valence-corrected chi connectivity index (χ2v) is 10.4. The van der Waals surface area contributed by atoms with E-state index in [1.807, 2.05) is 6.92 Å². The number of hydrogen-bond acceptors (Lipinski definition) is 9. The lowest BCUT2D eigenvalue weighted by molar-refractivity contribution is -0.139. The molecule has 15 heteroatoms. The number of rotatable bonds is 13. The fraction of sp³-hybridized carbons (Fsp3) is 0.231.